The van der Waals surface area contributed by atoms with Crippen molar-refractivity contribution in [3.63, 3.8) is 0 Å². The van der Waals surface area contributed by atoms with Crippen molar-refractivity contribution in [1.82, 2.24) is 15.0 Å². The minimum atomic E-state index is 0.210. The maximum absolute atomic E-state index is 6.26. The van der Waals surface area contributed by atoms with Crippen LogP contribution >= 0.6 is 23.2 Å². The zero-order chi connectivity index (χ0) is 27.0. The second-order valence-corrected chi connectivity index (χ2v) is 9.55. The average Bonchev–Trinajstić information content (AvgIpc) is 3.49. The minimum absolute atomic E-state index is 0.210. The monoisotopic (exact) mass is 563 g/mol. The van der Waals surface area contributed by atoms with E-state index in [0.29, 0.717) is 45.0 Å². The molecule has 1 fully saturated rings. The van der Waals surface area contributed by atoms with Gasteiger partial charge in [-0.1, -0.05) is 47.5 Å². The third-order valence-corrected chi connectivity index (χ3v) is 6.75. The number of methoxy groups -OCH3 is 1. The molecule has 0 bridgehead atoms. The summed E-state index contributed by atoms with van der Waals surface area (Å²) < 4.78 is 11.5. The van der Waals surface area contributed by atoms with Gasteiger partial charge in [0.1, 0.15) is 6.61 Å². The van der Waals surface area contributed by atoms with Crippen LogP contribution in [-0.4, -0.2) is 41.4 Å². The first-order chi connectivity index (χ1) is 19.1. The Labute approximate surface area is 236 Å². The zero-order valence-corrected chi connectivity index (χ0v) is 22.8. The lowest BCUT2D eigenvalue weighted by Crippen LogP contribution is -2.21. The fourth-order valence-corrected chi connectivity index (χ4v) is 4.55. The van der Waals surface area contributed by atoms with Crippen LogP contribution in [0.15, 0.2) is 71.8 Å². The number of halogens is 2. The molecule has 0 aliphatic carbocycles. The van der Waals surface area contributed by atoms with Crippen LogP contribution in [0.25, 0.3) is 0 Å². The van der Waals surface area contributed by atoms with Crippen molar-refractivity contribution in [2.45, 2.75) is 19.4 Å². The number of anilines is 4. The van der Waals surface area contributed by atoms with E-state index in [0.717, 1.165) is 37.2 Å². The van der Waals surface area contributed by atoms with Crippen LogP contribution < -0.4 is 25.1 Å². The van der Waals surface area contributed by atoms with E-state index in [1.807, 2.05) is 42.5 Å². The summed E-state index contributed by atoms with van der Waals surface area (Å²) in [6.45, 7) is 2.03. The third kappa shape index (κ3) is 6.87. The van der Waals surface area contributed by atoms with Crippen molar-refractivity contribution in [2.24, 2.45) is 5.10 Å². The average molecular weight is 564 g/mol. The molecule has 0 amide bonds. The van der Waals surface area contributed by atoms with E-state index in [1.54, 1.807) is 37.6 Å². The topological polar surface area (TPSA) is 96.8 Å². The van der Waals surface area contributed by atoms with Gasteiger partial charge in [0.25, 0.3) is 0 Å². The number of ether oxygens (including phenoxy) is 2. The summed E-state index contributed by atoms with van der Waals surface area (Å²) in [6, 6.07) is 20.6. The Morgan fingerprint density at radius 3 is 2.38 bits per heavy atom. The molecule has 5 rings (SSSR count). The number of para-hydroxylation sites is 1. The predicted molar refractivity (Wildman–Crippen MR) is 156 cm³/mol. The van der Waals surface area contributed by atoms with Gasteiger partial charge in [0.05, 0.1) is 13.3 Å². The molecule has 4 aromatic rings. The molecule has 3 aromatic carbocycles. The summed E-state index contributed by atoms with van der Waals surface area (Å²) in [6.07, 6.45) is 3.88. The molecule has 1 saturated heterocycles. The summed E-state index contributed by atoms with van der Waals surface area (Å²) in [5.74, 6) is 2.50. The molecular formula is C28H27Cl2N7O2. The van der Waals surface area contributed by atoms with Crippen molar-refractivity contribution < 1.29 is 9.47 Å². The van der Waals surface area contributed by atoms with Gasteiger partial charge in [-0.15, -0.1) is 0 Å². The molecule has 0 unspecified atom stereocenters. The van der Waals surface area contributed by atoms with E-state index < -0.39 is 0 Å². The highest BCUT2D eigenvalue weighted by Crippen LogP contribution is 2.31. The Hall–Kier alpha value is -4.08. The van der Waals surface area contributed by atoms with E-state index in [9.17, 15) is 0 Å². The number of hydrogen-bond donors (Lipinski definition) is 2. The summed E-state index contributed by atoms with van der Waals surface area (Å²) in [5.41, 5.74) is 5.32. The first-order valence-corrected chi connectivity index (χ1v) is 13.2. The predicted octanol–water partition coefficient (Wildman–Crippen LogP) is 6.56. The largest absolute Gasteiger partial charge is 0.493 e. The molecule has 2 heterocycles. The third-order valence-electron chi connectivity index (χ3n) is 6.04. The van der Waals surface area contributed by atoms with E-state index >= 15 is 0 Å². The van der Waals surface area contributed by atoms with Crippen LogP contribution in [0.2, 0.25) is 10.0 Å². The molecule has 0 saturated carbocycles. The highest BCUT2D eigenvalue weighted by molar-refractivity contribution is 6.35. The van der Waals surface area contributed by atoms with Crippen molar-refractivity contribution in [3.05, 3.63) is 87.9 Å². The van der Waals surface area contributed by atoms with Gasteiger partial charge in [0, 0.05) is 34.4 Å². The lowest BCUT2D eigenvalue weighted by Gasteiger charge is -2.16. The molecular weight excluding hydrogens is 537 g/mol. The Bertz CT molecular complexity index is 1430. The molecule has 200 valence electrons. The molecule has 0 radical (unpaired) electrons. The molecule has 1 aromatic heterocycles. The maximum Gasteiger partial charge on any atom is 0.250 e. The Kier molecular flexibility index (Phi) is 8.60. The lowest BCUT2D eigenvalue weighted by atomic mass is 10.2. The van der Waals surface area contributed by atoms with Crippen LogP contribution in [-0.2, 0) is 6.61 Å². The first-order valence-electron chi connectivity index (χ1n) is 12.4. The molecule has 39 heavy (non-hydrogen) atoms. The highest BCUT2D eigenvalue weighted by Gasteiger charge is 2.17. The van der Waals surface area contributed by atoms with Crippen molar-refractivity contribution >= 4 is 52.9 Å². The number of hydrogen-bond acceptors (Lipinski definition) is 9. The van der Waals surface area contributed by atoms with Gasteiger partial charge in [-0.2, -0.15) is 20.1 Å². The number of nitrogens with zero attached hydrogens (tertiary/aromatic N) is 5. The SMILES string of the molecule is COc1cc(/C=N/Nc2nc(Nc3ccccc3)nc(N3CCCC3)n2)ccc1OCc1c(Cl)cccc1Cl. The fraction of sp³-hybridized carbons (Fsp3) is 0.214. The van der Waals surface area contributed by atoms with E-state index in [1.165, 1.54) is 0 Å². The van der Waals surface area contributed by atoms with Crippen molar-refractivity contribution in [3.8, 4) is 11.5 Å². The molecule has 1 aliphatic heterocycles. The standard InChI is InChI=1S/C28H27Cl2N7O2/c1-38-25-16-19(12-13-24(25)39-18-21-22(29)10-7-11-23(21)30)17-31-36-27-33-26(32-20-8-3-2-4-9-20)34-28(35-27)37-14-5-6-15-37/h2-4,7-13,16-17H,5-6,14-15,18H2,1H3,(H2,32,33,34,35,36)/b31-17+. The van der Waals surface area contributed by atoms with Gasteiger partial charge < -0.3 is 19.7 Å². The van der Waals surface area contributed by atoms with Gasteiger partial charge >= 0.3 is 0 Å². The summed E-state index contributed by atoms with van der Waals surface area (Å²) in [4.78, 5) is 15.8. The lowest BCUT2D eigenvalue weighted by molar-refractivity contribution is 0.284. The summed E-state index contributed by atoms with van der Waals surface area (Å²) in [7, 11) is 1.58. The fourth-order valence-electron chi connectivity index (χ4n) is 4.05. The Morgan fingerprint density at radius 1 is 0.897 bits per heavy atom. The smallest absolute Gasteiger partial charge is 0.250 e. The van der Waals surface area contributed by atoms with Crippen LogP contribution in [0.4, 0.5) is 23.5 Å². The van der Waals surface area contributed by atoms with E-state index in [4.69, 9.17) is 32.7 Å². The molecule has 9 nitrogen and oxygen atoms in total. The second-order valence-electron chi connectivity index (χ2n) is 8.74. The Balaban J connectivity index is 1.29. The van der Waals surface area contributed by atoms with Crippen LogP contribution in [0.1, 0.15) is 24.0 Å². The molecule has 0 spiro atoms. The first kappa shape index (κ1) is 26.5. The van der Waals surface area contributed by atoms with Gasteiger partial charge in [-0.05, 0) is 60.9 Å². The van der Waals surface area contributed by atoms with Gasteiger partial charge in [-0.3, -0.25) is 0 Å². The van der Waals surface area contributed by atoms with Crippen LogP contribution in [0, 0.1) is 0 Å². The van der Waals surface area contributed by atoms with E-state index in [2.05, 4.69) is 35.7 Å². The molecule has 2 N–H and O–H groups in total. The Morgan fingerprint density at radius 2 is 1.64 bits per heavy atom. The number of rotatable bonds is 10. The van der Waals surface area contributed by atoms with Gasteiger partial charge in [-0.25, -0.2) is 5.43 Å². The minimum Gasteiger partial charge on any atom is -0.493 e. The summed E-state index contributed by atoms with van der Waals surface area (Å²) >= 11 is 12.5. The molecule has 0 atom stereocenters. The summed E-state index contributed by atoms with van der Waals surface area (Å²) in [5, 5.41) is 8.68. The molecule has 1 aliphatic rings. The number of nitrogens with one attached hydrogen (secondary N) is 2. The van der Waals surface area contributed by atoms with Crippen molar-refractivity contribution in [2.75, 3.05) is 35.8 Å². The van der Waals surface area contributed by atoms with Gasteiger partial charge in [0.2, 0.25) is 17.8 Å². The normalized spacial score (nSPS) is 13.1. The van der Waals surface area contributed by atoms with E-state index in [-0.39, 0.29) is 6.61 Å². The number of hydrazone groups is 1. The van der Waals surface area contributed by atoms with Crippen molar-refractivity contribution in [1.29, 1.82) is 0 Å². The van der Waals surface area contributed by atoms with Crippen LogP contribution in [0.3, 0.4) is 0 Å². The van der Waals surface area contributed by atoms with Gasteiger partial charge in [0.15, 0.2) is 11.5 Å². The zero-order valence-electron chi connectivity index (χ0n) is 21.3. The highest BCUT2D eigenvalue weighted by atomic mass is 35.5. The second kappa shape index (κ2) is 12.6. The number of aromatic nitrogens is 3. The quantitative estimate of drug-likeness (QED) is 0.165. The molecule has 11 heteroatoms. The van der Waals surface area contributed by atoms with Crippen LogP contribution in [0.5, 0.6) is 11.5 Å². The number of benzene rings is 3. The maximum atomic E-state index is 6.26.